The number of carbonyl (C=O) groups is 1. The first kappa shape index (κ1) is 14.6. The fraction of sp³-hybridized carbons (Fsp3) is 0.105. The van der Waals surface area contributed by atoms with E-state index in [2.05, 4.69) is 11.8 Å². The Bertz CT molecular complexity index is 701. The molecule has 0 aliphatic rings. The van der Waals surface area contributed by atoms with Crippen LogP contribution in [-0.2, 0) is 9.53 Å². The molecule has 2 rings (SSSR count). The highest BCUT2D eigenvalue weighted by atomic mass is 16.5. The Balaban J connectivity index is 2.43. The summed E-state index contributed by atoms with van der Waals surface area (Å²) in [4.78, 5) is 11.2. The predicted molar refractivity (Wildman–Crippen MR) is 84.1 cm³/mol. The van der Waals surface area contributed by atoms with E-state index in [4.69, 9.17) is 4.74 Å². The fourth-order valence-electron chi connectivity index (χ4n) is 1.89. The Kier molecular flexibility index (Phi) is 4.95. The van der Waals surface area contributed by atoms with E-state index >= 15 is 0 Å². The normalized spacial score (nSPS) is 11.0. The molecular weight excluding hydrogens is 260 g/mol. The number of hydrogen-bond donors (Lipinski definition) is 0. The van der Waals surface area contributed by atoms with Gasteiger partial charge in [0.1, 0.15) is 5.76 Å². The zero-order chi connectivity index (χ0) is 15.1. The van der Waals surface area contributed by atoms with E-state index in [1.54, 1.807) is 6.92 Å². The smallest absolute Gasteiger partial charge is 0.307 e. The zero-order valence-electron chi connectivity index (χ0n) is 12.1. The largest absolute Gasteiger partial charge is 0.430 e. The minimum Gasteiger partial charge on any atom is -0.430 e. The van der Waals surface area contributed by atoms with Crippen molar-refractivity contribution in [2.24, 2.45) is 0 Å². The summed E-state index contributed by atoms with van der Waals surface area (Å²) in [7, 11) is 0. The quantitative estimate of drug-likeness (QED) is 0.470. The van der Waals surface area contributed by atoms with E-state index in [9.17, 15) is 4.79 Å². The molecule has 0 unspecified atom stereocenters. The van der Waals surface area contributed by atoms with Crippen molar-refractivity contribution in [3.63, 3.8) is 0 Å². The number of ether oxygens (including phenoxy) is 1. The van der Waals surface area contributed by atoms with E-state index in [-0.39, 0.29) is 5.97 Å². The lowest BCUT2D eigenvalue weighted by molar-refractivity contribution is -0.136. The molecule has 2 aromatic carbocycles. The summed E-state index contributed by atoms with van der Waals surface area (Å²) in [6, 6.07) is 19.4. The summed E-state index contributed by atoms with van der Waals surface area (Å²) in [5.41, 5.74) is 2.57. The molecule has 0 bridgehead atoms. The van der Waals surface area contributed by atoms with Crippen molar-refractivity contribution in [2.75, 3.05) is 0 Å². The Morgan fingerprint density at radius 3 is 2.05 bits per heavy atom. The van der Waals surface area contributed by atoms with Gasteiger partial charge >= 0.3 is 5.97 Å². The Morgan fingerprint density at radius 2 is 1.48 bits per heavy atom. The SMILES string of the molecule is CC(=O)O/C(C)=C(\C#Cc1ccccc1)c1ccccc1. The van der Waals surface area contributed by atoms with Crippen molar-refractivity contribution in [3.8, 4) is 11.8 Å². The van der Waals surface area contributed by atoms with Crippen LogP contribution < -0.4 is 0 Å². The van der Waals surface area contributed by atoms with Gasteiger partial charge in [-0.1, -0.05) is 60.4 Å². The van der Waals surface area contributed by atoms with Gasteiger partial charge in [-0.05, 0) is 24.6 Å². The zero-order valence-corrected chi connectivity index (χ0v) is 12.1. The molecule has 21 heavy (non-hydrogen) atoms. The molecule has 0 saturated carbocycles. The highest BCUT2D eigenvalue weighted by Gasteiger charge is 2.06. The molecule has 0 atom stereocenters. The number of esters is 1. The van der Waals surface area contributed by atoms with Gasteiger partial charge in [0.05, 0.1) is 5.57 Å². The van der Waals surface area contributed by atoms with Crippen LogP contribution in [0.2, 0.25) is 0 Å². The molecule has 104 valence electrons. The van der Waals surface area contributed by atoms with Crippen molar-refractivity contribution in [1.82, 2.24) is 0 Å². The highest BCUT2D eigenvalue weighted by molar-refractivity contribution is 5.82. The third kappa shape index (κ3) is 4.36. The van der Waals surface area contributed by atoms with Gasteiger partial charge < -0.3 is 4.74 Å². The third-order valence-corrected chi connectivity index (χ3v) is 2.82. The Hall–Kier alpha value is -2.79. The van der Waals surface area contributed by atoms with Crippen LogP contribution in [0.1, 0.15) is 25.0 Å². The van der Waals surface area contributed by atoms with Crippen molar-refractivity contribution in [1.29, 1.82) is 0 Å². The number of allylic oxidation sites excluding steroid dienone is 2. The van der Waals surface area contributed by atoms with Gasteiger partial charge in [0.2, 0.25) is 0 Å². The molecule has 2 nitrogen and oxygen atoms in total. The molecule has 0 amide bonds. The number of carbonyl (C=O) groups excluding carboxylic acids is 1. The molecule has 0 N–H and O–H groups in total. The lowest BCUT2D eigenvalue weighted by atomic mass is 10.0. The predicted octanol–water partition coefficient (Wildman–Crippen LogP) is 4.03. The number of benzene rings is 2. The maximum absolute atomic E-state index is 11.2. The minimum absolute atomic E-state index is 0.345. The third-order valence-electron chi connectivity index (χ3n) is 2.82. The first-order chi connectivity index (χ1) is 10.2. The number of rotatable bonds is 2. The minimum atomic E-state index is -0.345. The van der Waals surface area contributed by atoms with Crippen LogP contribution in [0.5, 0.6) is 0 Å². The molecule has 2 heteroatoms. The monoisotopic (exact) mass is 276 g/mol. The van der Waals surface area contributed by atoms with Gasteiger partial charge in [0.15, 0.2) is 0 Å². The second-order valence-electron chi connectivity index (χ2n) is 4.51. The summed E-state index contributed by atoms with van der Waals surface area (Å²) < 4.78 is 5.19. The lowest BCUT2D eigenvalue weighted by Crippen LogP contribution is -1.99. The first-order valence-electron chi connectivity index (χ1n) is 6.68. The van der Waals surface area contributed by atoms with Crippen molar-refractivity contribution < 1.29 is 9.53 Å². The second-order valence-corrected chi connectivity index (χ2v) is 4.51. The Morgan fingerprint density at radius 1 is 0.905 bits per heavy atom. The van der Waals surface area contributed by atoms with E-state index in [1.807, 2.05) is 60.7 Å². The molecule has 0 aromatic heterocycles. The van der Waals surface area contributed by atoms with Gasteiger partial charge in [-0.25, -0.2) is 0 Å². The van der Waals surface area contributed by atoms with Crippen LogP contribution in [0.25, 0.3) is 5.57 Å². The molecule has 0 spiro atoms. The van der Waals surface area contributed by atoms with Gasteiger partial charge in [0, 0.05) is 12.5 Å². The standard InChI is InChI=1S/C19H16O2/c1-15(21-16(2)20)19(18-11-7-4-8-12-18)14-13-17-9-5-3-6-10-17/h3-12H,1-2H3/b19-15+. The van der Waals surface area contributed by atoms with Gasteiger partial charge in [-0.15, -0.1) is 0 Å². The molecule has 0 aliphatic heterocycles. The van der Waals surface area contributed by atoms with Gasteiger partial charge in [-0.3, -0.25) is 4.79 Å². The van der Waals surface area contributed by atoms with Crippen LogP contribution >= 0.6 is 0 Å². The van der Waals surface area contributed by atoms with E-state index in [1.165, 1.54) is 6.92 Å². The van der Waals surface area contributed by atoms with Crippen molar-refractivity contribution >= 4 is 11.5 Å². The molecule has 0 fully saturated rings. The van der Waals surface area contributed by atoms with Crippen molar-refractivity contribution in [3.05, 3.63) is 77.5 Å². The summed E-state index contributed by atoms with van der Waals surface area (Å²) in [5.74, 6) is 6.37. The topological polar surface area (TPSA) is 26.3 Å². The van der Waals surface area contributed by atoms with Crippen molar-refractivity contribution in [2.45, 2.75) is 13.8 Å². The van der Waals surface area contributed by atoms with Crippen LogP contribution in [0.15, 0.2) is 66.4 Å². The van der Waals surface area contributed by atoms with Crippen LogP contribution in [-0.4, -0.2) is 5.97 Å². The summed E-state index contributed by atoms with van der Waals surface area (Å²) >= 11 is 0. The van der Waals surface area contributed by atoms with Gasteiger partial charge in [-0.2, -0.15) is 0 Å². The van der Waals surface area contributed by atoms with Gasteiger partial charge in [0.25, 0.3) is 0 Å². The Labute approximate surface area is 125 Å². The molecule has 2 aromatic rings. The summed E-state index contributed by atoms with van der Waals surface area (Å²) in [6.07, 6.45) is 0. The molecule has 0 saturated heterocycles. The molecule has 0 heterocycles. The first-order valence-corrected chi connectivity index (χ1v) is 6.68. The number of hydrogen-bond acceptors (Lipinski definition) is 2. The lowest BCUT2D eigenvalue weighted by Gasteiger charge is -2.06. The summed E-state index contributed by atoms with van der Waals surface area (Å²) in [6.45, 7) is 3.14. The van der Waals surface area contributed by atoms with Crippen LogP contribution in [0.4, 0.5) is 0 Å². The molecule has 0 aliphatic carbocycles. The molecule has 0 radical (unpaired) electrons. The maximum Gasteiger partial charge on any atom is 0.307 e. The van der Waals surface area contributed by atoms with E-state index in [0.717, 1.165) is 16.7 Å². The van der Waals surface area contributed by atoms with Crippen LogP contribution in [0, 0.1) is 11.8 Å². The maximum atomic E-state index is 11.2. The van der Waals surface area contributed by atoms with E-state index < -0.39 is 0 Å². The fourth-order valence-corrected chi connectivity index (χ4v) is 1.89. The van der Waals surface area contributed by atoms with Crippen LogP contribution in [0.3, 0.4) is 0 Å². The second kappa shape index (κ2) is 7.12. The molecular formula is C19H16O2. The highest BCUT2D eigenvalue weighted by Crippen LogP contribution is 2.19. The average molecular weight is 276 g/mol. The summed E-state index contributed by atoms with van der Waals surface area (Å²) in [5, 5.41) is 0. The van der Waals surface area contributed by atoms with E-state index in [0.29, 0.717) is 5.76 Å². The average Bonchev–Trinajstić information content (AvgIpc) is 2.49.